The summed E-state index contributed by atoms with van der Waals surface area (Å²) < 4.78 is 15.9. The average Bonchev–Trinajstić information content (AvgIpc) is 3.50. The molecule has 2 N–H and O–H groups in total. The van der Waals surface area contributed by atoms with Crippen LogP contribution in [0, 0.1) is 0 Å². The number of furan rings is 1. The smallest absolute Gasteiger partial charge is 0.272 e. The lowest BCUT2D eigenvalue weighted by Gasteiger charge is -2.13. The lowest BCUT2D eigenvalue weighted by atomic mass is 10.1. The van der Waals surface area contributed by atoms with Crippen LogP contribution in [0.25, 0.3) is 12.2 Å². The van der Waals surface area contributed by atoms with E-state index in [2.05, 4.69) is 10.6 Å². The molecule has 0 spiro atoms. The maximum absolute atomic E-state index is 13.3. The van der Waals surface area contributed by atoms with Crippen LogP contribution in [0.2, 0.25) is 0 Å². The van der Waals surface area contributed by atoms with Gasteiger partial charge in [0.05, 0.1) is 20.5 Å². The van der Waals surface area contributed by atoms with E-state index in [0.717, 1.165) is 0 Å². The van der Waals surface area contributed by atoms with Crippen molar-refractivity contribution in [3.8, 4) is 11.5 Å². The van der Waals surface area contributed by atoms with Gasteiger partial charge in [-0.25, -0.2) is 0 Å². The van der Waals surface area contributed by atoms with Crippen LogP contribution < -0.4 is 20.1 Å². The number of methoxy groups -OCH3 is 2. The summed E-state index contributed by atoms with van der Waals surface area (Å²) in [6.07, 6.45) is 6.02. The average molecular weight is 523 g/mol. The molecular weight excluding hydrogens is 496 g/mol. The van der Waals surface area contributed by atoms with Crippen LogP contribution in [-0.4, -0.2) is 31.8 Å². The Balaban J connectivity index is 1.57. The van der Waals surface area contributed by atoms with Gasteiger partial charge in [0.1, 0.15) is 23.0 Å². The molecular formula is C31H26N2O6. The third-order valence-electron chi connectivity index (χ3n) is 5.63. The second-order valence-electron chi connectivity index (χ2n) is 8.23. The van der Waals surface area contributed by atoms with Crippen molar-refractivity contribution in [2.75, 3.05) is 19.5 Å². The zero-order chi connectivity index (χ0) is 27.6. The topological polar surface area (TPSA) is 107 Å². The van der Waals surface area contributed by atoms with Crippen molar-refractivity contribution in [1.29, 1.82) is 0 Å². The number of hydrogen-bond donors (Lipinski definition) is 2. The fourth-order valence-electron chi connectivity index (χ4n) is 3.61. The monoisotopic (exact) mass is 522 g/mol. The van der Waals surface area contributed by atoms with E-state index < -0.39 is 11.8 Å². The zero-order valence-corrected chi connectivity index (χ0v) is 21.3. The van der Waals surface area contributed by atoms with Crippen molar-refractivity contribution in [2.45, 2.75) is 0 Å². The molecule has 0 fully saturated rings. The highest BCUT2D eigenvalue weighted by molar-refractivity contribution is 6.11. The van der Waals surface area contributed by atoms with Crippen molar-refractivity contribution in [3.63, 3.8) is 0 Å². The molecule has 0 saturated carbocycles. The number of carbonyl (C=O) groups is 3. The Morgan fingerprint density at radius 2 is 1.59 bits per heavy atom. The zero-order valence-electron chi connectivity index (χ0n) is 21.3. The maximum atomic E-state index is 13.3. The van der Waals surface area contributed by atoms with Gasteiger partial charge < -0.3 is 24.5 Å². The maximum Gasteiger partial charge on any atom is 0.272 e. The number of allylic oxidation sites excluding steroid dienone is 1. The first kappa shape index (κ1) is 26.7. The SMILES string of the molecule is COc1ccc(OC)c(/C=C(\NC(=O)c2ccccc2)C(=O)Nc2ccc(C(=O)/C=C/c3ccco3)cc2)c1. The van der Waals surface area contributed by atoms with Gasteiger partial charge >= 0.3 is 0 Å². The van der Waals surface area contributed by atoms with E-state index in [-0.39, 0.29) is 11.5 Å². The predicted octanol–water partition coefficient (Wildman–Crippen LogP) is 5.60. The summed E-state index contributed by atoms with van der Waals surface area (Å²) in [6, 6.07) is 23.6. The Morgan fingerprint density at radius 3 is 2.26 bits per heavy atom. The molecule has 1 heterocycles. The molecule has 3 aromatic carbocycles. The molecule has 0 radical (unpaired) electrons. The predicted molar refractivity (Wildman–Crippen MR) is 149 cm³/mol. The van der Waals surface area contributed by atoms with Crippen molar-refractivity contribution in [3.05, 3.63) is 125 Å². The van der Waals surface area contributed by atoms with E-state index in [1.165, 1.54) is 32.6 Å². The molecule has 4 aromatic rings. The minimum Gasteiger partial charge on any atom is -0.497 e. The summed E-state index contributed by atoms with van der Waals surface area (Å²) in [5.74, 6) is 0.365. The van der Waals surface area contributed by atoms with Crippen molar-refractivity contribution < 1.29 is 28.3 Å². The fraction of sp³-hybridized carbons (Fsp3) is 0.0645. The Kier molecular flexibility index (Phi) is 8.71. The summed E-state index contributed by atoms with van der Waals surface area (Å²) >= 11 is 0. The molecule has 8 heteroatoms. The van der Waals surface area contributed by atoms with Gasteiger partial charge in [0.25, 0.3) is 11.8 Å². The van der Waals surface area contributed by atoms with Crippen molar-refractivity contribution in [2.24, 2.45) is 0 Å². The third-order valence-corrected chi connectivity index (χ3v) is 5.63. The van der Waals surface area contributed by atoms with E-state index in [9.17, 15) is 14.4 Å². The Bertz CT molecular complexity index is 1500. The first-order valence-electron chi connectivity index (χ1n) is 11.9. The molecule has 0 atom stereocenters. The lowest BCUT2D eigenvalue weighted by Crippen LogP contribution is -2.30. The fourth-order valence-corrected chi connectivity index (χ4v) is 3.61. The number of nitrogens with one attached hydrogen (secondary N) is 2. The van der Waals surface area contributed by atoms with Gasteiger partial charge in [-0.15, -0.1) is 0 Å². The lowest BCUT2D eigenvalue weighted by molar-refractivity contribution is -0.113. The summed E-state index contributed by atoms with van der Waals surface area (Å²) in [5.41, 5.74) is 1.77. The van der Waals surface area contributed by atoms with Crippen LogP contribution in [0.5, 0.6) is 11.5 Å². The largest absolute Gasteiger partial charge is 0.497 e. The van der Waals surface area contributed by atoms with Gasteiger partial charge in [0.15, 0.2) is 5.78 Å². The van der Waals surface area contributed by atoms with E-state index in [1.807, 2.05) is 0 Å². The quantitative estimate of drug-likeness (QED) is 0.207. The highest BCUT2D eigenvalue weighted by Gasteiger charge is 2.17. The first-order chi connectivity index (χ1) is 19.0. The first-order valence-corrected chi connectivity index (χ1v) is 11.9. The Hall–Kier alpha value is -5.37. The van der Waals surface area contributed by atoms with E-state index in [1.54, 1.807) is 91.0 Å². The number of ether oxygens (including phenoxy) is 2. The number of carbonyl (C=O) groups excluding carboxylic acids is 3. The molecule has 39 heavy (non-hydrogen) atoms. The highest BCUT2D eigenvalue weighted by Crippen LogP contribution is 2.26. The Labute approximate surface area is 225 Å². The summed E-state index contributed by atoms with van der Waals surface area (Å²) in [4.78, 5) is 38.7. The second-order valence-corrected chi connectivity index (χ2v) is 8.23. The Morgan fingerprint density at radius 1 is 0.821 bits per heavy atom. The number of rotatable bonds is 10. The number of hydrogen-bond acceptors (Lipinski definition) is 6. The van der Waals surface area contributed by atoms with Crippen LogP contribution in [0.3, 0.4) is 0 Å². The molecule has 0 aliphatic rings. The minimum absolute atomic E-state index is 0.0167. The van der Waals surface area contributed by atoms with Crippen molar-refractivity contribution in [1.82, 2.24) is 5.32 Å². The second kappa shape index (κ2) is 12.7. The van der Waals surface area contributed by atoms with E-state index in [4.69, 9.17) is 13.9 Å². The number of benzene rings is 3. The highest BCUT2D eigenvalue weighted by atomic mass is 16.5. The minimum atomic E-state index is -0.569. The van der Waals surface area contributed by atoms with Crippen LogP contribution in [0.4, 0.5) is 5.69 Å². The standard InChI is InChI=1S/C31H26N2O6/c1-37-26-15-17-29(38-2)23(19-26)20-27(33-30(35)22-7-4-3-5-8-22)31(36)32-24-12-10-21(11-13-24)28(34)16-14-25-9-6-18-39-25/h3-20H,1-2H3,(H,32,36)(H,33,35)/b16-14+,27-20-. The van der Waals surface area contributed by atoms with Crippen LogP contribution in [0.15, 0.2) is 107 Å². The molecule has 0 aliphatic carbocycles. The van der Waals surface area contributed by atoms with Gasteiger partial charge in [0.2, 0.25) is 0 Å². The molecule has 0 unspecified atom stereocenters. The molecule has 1 aromatic heterocycles. The van der Waals surface area contributed by atoms with Gasteiger partial charge in [-0.05, 0) is 85.0 Å². The number of ketones is 1. The molecule has 2 amide bonds. The molecule has 0 bridgehead atoms. The van der Waals surface area contributed by atoms with Crippen LogP contribution in [0.1, 0.15) is 32.0 Å². The summed E-state index contributed by atoms with van der Waals surface area (Å²) in [7, 11) is 3.04. The van der Waals surface area contributed by atoms with E-state index in [0.29, 0.717) is 39.6 Å². The van der Waals surface area contributed by atoms with Crippen molar-refractivity contribution >= 4 is 35.4 Å². The van der Waals surface area contributed by atoms with E-state index >= 15 is 0 Å². The molecule has 4 rings (SSSR count). The van der Waals surface area contributed by atoms with Gasteiger partial charge in [0, 0.05) is 22.4 Å². The normalized spacial score (nSPS) is 11.2. The molecule has 8 nitrogen and oxygen atoms in total. The number of amides is 2. The van der Waals surface area contributed by atoms with Gasteiger partial charge in [-0.2, -0.15) is 0 Å². The van der Waals surface area contributed by atoms with Crippen LogP contribution in [-0.2, 0) is 4.79 Å². The van der Waals surface area contributed by atoms with Crippen LogP contribution >= 0.6 is 0 Å². The molecule has 196 valence electrons. The molecule has 0 saturated heterocycles. The van der Waals surface area contributed by atoms with Gasteiger partial charge in [-0.3, -0.25) is 14.4 Å². The summed E-state index contributed by atoms with van der Waals surface area (Å²) in [5, 5.41) is 5.46. The number of anilines is 1. The summed E-state index contributed by atoms with van der Waals surface area (Å²) in [6.45, 7) is 0. The third kappa shape index (κ3) is 7.11. The molecule has 0 aliphatic heterocycles. The van der Waals surface area contributed by atoms with Gasteiger partial charge in [-0.1, -0.05) is 18.2 Å².